The molecule has 2 nitrogen and oxygen atoms in total. The van der Waals surface area contributed by atoms with Gasteiger partial charge in [0.1, 0.15) is 0 Å². The van der Waals surface area contributed by atoms with Gasteiger partial charge in [0.25, 0.3) is 0 Å². The van der Waals surface area contributed by atoms with Crippen molar-refractivity contribution < 1.29 is 4.74 Å². The summed E-state index contributed by atoms with van der Waals surface area (Å²) in [6.45, 7) is 9.77. The molecule has 0 spiro atoms. The maximum Gasteiger partial charge on any atom is 0.0464 e. The van der Waals surface area contributed by atoms with E-state index in [2.05, 4.69) is 38.2 Å². The van der Waals surface area contributed by atoms with Crippen LogP contribution in [0.15, 0.2) is 24.3 Å². The Balaban J connectivity index is 2.61. The molecule has 0 radical (unpaired) electrons. The van der Waals surface area contributed by atoms with Crippen LogP contribution in [0.2, 0.25) is 5.02 Å². The first kappa shape index (κ1) is 18.5. The molecule has 2 atom stereocenters. The molecule has 3 heteroatoms. The van der Waals surface area contributed by atoms with Crippen molar-refractivity contribution in [1.29, 1.82) is 0 Å². The van der Waals surface area contributed by atoms with Crippen molar-refractivity contribution in [2.24, 2.45) is 17.8 Å². The van der Waals surface area contributed by atoms with Gasteiger partial charge >= 0.3 is 0 Å². The topological polar surface area (TPSA) is 21.3 Å². The number of methoxy groups -OCH3 is 1. The van der Waals surface area contributed by atoms with Gasteiger partial charge in [-0.3, -0.25) is 0 Å². The lowest BCUT2D eigenvalue weighted by Gasteiger charge is -2.25. The highest BCUT2D eigenvalue weighted by Crippen LogP contribution is 2.22. The van der Waals surface area contributed by atoms with Crippen LogP contribution in [0, 0.1) is 17.8 Å². The zero-order chi connectivity index (χ0) is 15.7. The fourth-order valence-electron chi connectivity index (χ4n) is 2.54. The molecule has 0 fully saturated rings. The number of hydrogen-bond donors (Lipinski definition) is 1. The Morgan fingerprint density at radius 3 is 2.57 bits per heavy atom. The second kappa shape index (κ2) is 10.2. The Kier molecular flexibility index (Phi) is 8.98. The zero-order valence-electron chi connectivity index (χ0n) is 13.9. The molecule has 1 rings (SSSR count). The highest BCUT2D eigenvalue weighted by Gasteiger charge is 2.18. The van der Waals surface area contributed by atoms with Gasteiger partial charge in [-0.25, -0.2) is 0 Å². The average Bonchev–Trinajstić information content (AvgIpc) is 2.43. The normalized spacial score (nSPS) is 14.4. The average molecular weight is 312 g/mol. The molecule has 0 aliphatic heterocycles. The first-order valence-electron chi connectivity index (χ1n) is 7.97. The van der Waals surface area contributed by atoms with Crippen molar-refractivity contribution in [3.8, 4) is 0 Å². The number of benzene rings is 1. The molecule has 0 aromatic heterocycles. The summed E-state index contributed by atoms with van der Waals surface area (Å²) in [5.74, 6) is 1.92. The molecule has 120 valence electrons. The van der Waals surface area contributed by atoms with Crippen molar-refractivity contribution in [3.05, 3.63) is 34.9 Å². The van der Waals surface area contributed by atoms with E-state index in [0.29, 0.717) is 17.8 Å². The third kappa shape index (κ3) is 7.85. The maximum absolute atomic E-state index is 6.10. The van der Waals surface area contributed by atoms with E-state index in [-0.39, 0.29) is 0 Å². The van der Waals surface area contributed by atoms with Crippen LogP contribution in [0.25, 0.3) is 0 Å². The lowest BCUT2D eigenvalue weighted by molar-refractivity contribution is 0.163. The minimum Gasteiger partial charge on any atom is -0.385 e. The van der Waals surface area contributed by atoms with Crippen LogP contribution in [-0.4, -0.2) is 26.8 Å². The van der Waals surface area contributed by atoms with Crippen molar-refractivity contribution in [2.75, 3.05) is 26.8 Å². The first-order valence-corrected chi connectivity index (χ1v) is 8.34. The monoisotopic (exact) mass is 311 g/mol. The standard InChI is InChI=1S/C18H30ClNO/c1-14(2)12-20-13-17(15(3)8-9-21-4)10-16-6-5-7-18(19)11-16/h5-7,11,14-15,17,20H,8-10,12-13H2,1-4H3. The SMILES string of the molecule is COCCC(C)C(CNCC(C)C)Cc1cccc(Cl)c1. The van der Waals surface area contributed by atoms with E-state index >= 15 is 0 Å². The number of ether oxygens (including phenoxy) is 1. The second-order valence-electron chi connectivity index (χ2n) is 6.40. The Morgan fingerprint density at radius 2 is 1.95 bits per heavy atom. The van der Waals surface area contributed by atoms with E-state index in [0.717, 1.165) is 37.6 Å². The molecular weight excluding hydrogens is 282 g/mol. The largest absolute Gasteiger partial charge is 0.385 e. The third-order valence-corrected chi connectivity index (χ3v) is 4.16. The molecule has 1 N–H and O–H groups in total. The van der Waals surface area contributed by atoms with Gasteiger partial charge in [-0.1, -0.05) is 44.5 Å². The summed E-state index contributed by atoms with van der Waals surface area (Å²) >= 11 is 6.10. The summed E-state index contributed by atoms with van der Waals surface area (Å²) in [6, 6.07) is 8.23. The second-order valence-corrected chi connectivity index (χ2v) is 6.84. The molecule has 0 aliphatic rings. The van der Waals surface area contributed by atoms with Gasteiger partial charge in [-0.05, 0) is 61.4 Å². The van der Waals surface area contributed by atoms with Crippen LogP contribution >= 0.6 is 11.6 Å². The molecule has 0 saturated carbocycles. The van der Waals surface area contributed by atoms with Gasteiger partial charge in [0.2, 0.25) is 0 Å². The van der Waals surface area contributed by atoms with Gasteiger partial charge in [0, 0.05) is 18.7 Å². The predicted molar refractivity (Wildman–Crippen MR) is 92.0 cm³/mol. The first-order chi connectivity index (χ1) is 10.0. The van der Waals surface area contributed by atoms with Gasteiger partial charge < -0.3 is 10.1 Å². The summed E-state index contributed by atoms with van der Waals surface area (Å²) in [6.07, 6.45) is 2.17. The summed E-state index contributed by atoms with van der Waals surface area (Å²) in [7, 11) is 1.77. The fraction of sp³-hybridized carbons (Fsp3) is 0.667. The van der Waals surface area contributed by atoms with Crippen molar-refractivity contribution in [1.82, 2.24) is 5.32 Å². The summed E-state index contributed by atoms with van der Waals surface area (Å²) in [5, 5.41) is 4.43. The summed E-state index contributed by atoms with van der Waals surface area (Å²) < 4.78 is 5.23. The molecule has 21 heavy (non-hydrogen) atoms. The van der Waals surface area contributed by atoms with E-state index in [4.69, 9.17) is 16.3 Å². The Labute approximate surface area is 135 Å². The van der Waals surface area contributed by atoms with Crippen molar-refractivity contribution >= 4 is 11.6 Å². The van der Waals surface area contributed by atoms with Crippen LogP contribution in [-0.2, 0) is 11.2 Å². The van der Waals surface area contributed by atoms with Crippen molar-refractivity contribution in [3.63, 3.8) is 0 Å². The number of halogens is 1. The molecule has 1 aromatic carbocycles. The Morgan fingerprint density at radius 1 is 1.19 bits per heavy atom. The van der Waals surface area contributed by atoms with Crippen molar-refractivity contribution in [2.45, 2.75) is 33.6 Å². The minimum absolute atomic E-state index is 0.609. The number of hydrogen-bond acceptors (Lipinski definition) is 2. The van der Waals surface area contributed by atoms with Crippen LogP contribution in [0.1, 0.15) is 32.8 Å². The molecule has 0 aliphatic carbocycles. The lowest BCUT2D eigenvalue weighted by atomic mass is 9.86. The van der Waals surface area contributed by atoms with Gasteiger partial charge in [0.05, 0.1) is 0 Å². The summed E-state index contributed by atoms with van der Waals surface area (Å²) in [4.78, 5) is 0. The minimum atomic E-state index is 0.609. The van der Waals surface area contributed by atoms with Gasteiger partial charge in [0.15, 0.2) is 0 Å². The lowest BCUT2D eigenvalue weighted by Crippen LogP contribution is -2.31. The highest BCUT2D eigenvalue weighted by atomic mass is 35.5. The fourth-order valence-corrected chi connectivity index (χ4v) is 2.75. The smallest absolute Gasteiger partial charge is 0.0464 e. The predicted octanol–water partition coefficient (Wildman–Crippen LogP) is 4.42. The quantitative estimate of drug-likeness (QED) is 0.691. The third-order valence-electron chi connectivity index (χ3n) is 3.93. The van der Waals surface area contributed by atoms with Gasteiger partial charge in [-0.2, -0.15) is 0 Å². The maximum atomic E-state index is 6.10. The molecule has 0 bridgehead atoms. The van der Waals surface area contributed by atoms with Crippen LogP contribution in [0.3, 0.4) is 0 Å². The Hall–Kier alpha value is -0.570. The number of nitrogens with one attached hydrogen (secondary N) is 1. The molecule has 0 heterocycles. The van der Waals surface area contributed by atoms with Crippen LogP contribution in [0.4, 0.5) is 0 Å². The van der Waals surface area contributed by atoms with Crippen LogP contribution < -0.4 is 5.32 Å². The molecule has 1 aromatic rings. The zero-order valence-corrected chi connectivity index (χ0v) is 14.6. The number of rotatable bonds is 10. The highest BCUT2D eigenvalue weighted by molar-refractivity contribution is 6.30. The molecule has 0 saturated heterocycles. The van der Waals surface area contributed by atoms with E-state index in [1.54, 1.807) is 7.11 Å². The molecule has 2 unspecified atom stereocenters. The van der Waals surface area contributed by atoms with E-state index in [9.17, 15) is 0 Å². The van der Waals surface area contributed by atoms with Crippen LogP contribution in [0.5, 0.6) is 0 Å². The molecular formula is C18H30ClNO. The van der Waals surface area contributed by atoms with E-state index < -0.39 is 0 Å². The van der Waals surface area contributed by atoms with Gasteiger partial charge in [-0.15, -0.1) is 0 Å². The van der Waals surface area contributed by atoms with E-state index in [1.807, 2.05) is 12.1 Å². The Bertz CT molecular complexity index is 395. The van der Waals surface area contributed by atoms with E-state index in [1.165, 1.54) is 5.56 Å². The summed E-state index contributed by atoms with van der Waals surface area (Å²) in [5.41, 5.74) is 1.32. The molecule has 0 amide bonds.